The second-order valence-electron chi connectivity index (χ2n) is 8.39. The molecule has 0 radical (unpaired) electrons. The molecule has 1 saturated heterocycles. The van der Waals surface area contributed by atoms with Gasteiger partial charge in [-0.25, -0.2) is 0 Å². The number of unbranched alkanes of at least 4 members (excludes halogenated alkanes) is 1. The second-order valence-corrected chi connectivity index (χ2v) is 8.39. The highest BCUT2D eigenvalue weighted by Gasteiger charge is 2.23. The Morgan fingerprint density at radius 1 is 0.944 bits per heavy atom. The summed E-state index contributed by atoms with van der Waals surface area (Å²) in [7, 11) is 0. The normalized spacial score (nSPS) is 16.4. The summed E-state index contributed by atoms with van der Waals surface area (Å²) in [5.74, 6) is 2.99. The Balaban J connectivity index is 0.000000861. The van der Waals surface area contributed by atoms with E-state index in [1.807, 2.05) is 52.0 Å². The molecule has 1 fully saturated rings. The van der Waals surface area contributed by atoms with Gasteiger partial charge in [0.2, 0.25) is 11.8 Å². The number of para-hydroxylation sites is 1. The third-order valence-corrected chi connectivity index (χ3v) is 6.21. The number of fused-ring (bicyclic) bond motifs is 2. The minimum Gasteiger partial charge on any atom is -0.486 e. The zero-order valence-electron chi connectivity index (χ0n) is 22.3. The SMILES string of the molecule is CC.CC.O=C1CCc2ccc(OCCCCN3CCN(c4cccc5c4OCCO5)CC3)nc2N1. The van der Waals surface area contributed by atoms with Crippen LogP contribution in [-0.2, 0) is 11.2 Å². The van der Waals surface area contributed by atoms with Crippen LogP contribution in [0.2, 0.25) is 0 Å². The Kier molecular flexibility index (Phi) is 11.1. The third kappa shape index (κ3) is 7.26. The van der Waals surface area contributed by atoms with Crippen molar-refractivity contribution >= 4 is 17.4 Å². The van der Waals surface area contributed by atoms with Crippen molar-refractivity contribution in [1.29, 1.82) is 0 Å². The summed E-state index contributed by atoms with van der Waals surface area (Å²) in [5, 5.41) is 2.82. The number of hydrogen-bond donors (Lipinski definition) is 1. The molecule has 0 bridgehead atoms. The van der Waals surface area contributed by atoms with E-state index in [0.717, 1.165) is 74.7 Å². The Morgan fingerprint density at radius 3 is 2.53 bits per heavy atom. The molecule has 3 aliphatic heterocycles. The fourth-order valence-corrected chi connectivity index (χ4v) is 4.44. The summed E-state index contributed by atoms with van der Waals surface area (Å²) < 4.78 is 17.4. The molecule has 5 rings (SSSR count). The molecule has 1 N–H and O–H groups in total. The van der Waals surface area contributed by atoms with E-state index in [-0.39, 0.29) is 5.91 Å². The van der Waals surface area contributed by atoms with Crippen molar-refractivity contribution in [3.63, 3.8) is 0 Å². The van der Waals surface area contributed by atoms with Crippen LogP contribution >= 0.6 is 0 Å². The van der Waals surface area contributed by atoms with E-state index >= 15 is 0 Å². The average Bonchev–Trinajstić information content (AvgIpc) is 2.95. The number of amides is 1. The van der Waals surface area contributed by atoms with Crippen molar-refractivity contribution < 1.29 is 19.0 Å². The molecule has 0 aliphatic carbocycles. The standard InChI is InChI=1S/C24H30N4O4.2C2H6/c29-21-8-6-18-7-9-22(26-24(18)25-21)31-15-2-1-10-27-11-13-28(14-12-27)19-4-3-5-20-23(19)32-17-16-30-20;2*1-2/h3-5,7,9H,1-2,6,8,10-17H2,(H,25,26,29);2*1-2H3. The molecule has 3 aliphatic rings. The number of carbonyl (C=O) groups excluding carboxylic acids is 1. The summed E-state index contributed by atoms with van der Waals surface area (Å²) in [5.41, 5.74) is 2.22. The number of nitrogens with zero attached hydrogens (tertiary/aromatic N) is 3. The zero-order chi connectivity index (χ0) is 25.8. The van der Waals surface area contributed by atoms with Crippen LogP contribution in [0.15, 0.2) is 30.3 Å². The van der Waals surface area contributed by atoms with Crippen LogP contribution in [-0.4, -0.2) is 68.3 Å². The first-order valence-electron chi connectivity index (χ1n) is 13.5. The van der Waals surface area contributed by atoms with Gasteiger partial charge in [0.15, 0.2) is 11.5 Å². The number of hydrogen-bond acceptors (Lipinski definition) is 7. The third-order valence-electron chi connectivity index (χ3n) is 6.21. The maximum absolute atomic E-state index is 11.5. The number of piperazine rings is 1. The van der Waals surface area contributed by atoms with E-state index in [9.17, 15) is 4.79 Å². The van der Waals surface area contributed by atoms with Gasteiger partial charge in [-0.15, -0.1) is 0 Å². The fourth-order valence-electron chi connectivity index (χ4n) is 4.44. The Hall–Kier alpha value is -3.00. The molecular weight excluding hydrogens is 456 g/mol. The largest absolute Gasteiger partial charge is 0.486 e. The second kappa shape index (κ2) is 14.5. The molecular formula is C28H42N4O4. The number of aryl methyl sites for hydroxylation is 1. The molecule has 4 heterocycles. The lowest BCUT2D eigenvalue weighted by Gasteiger charge is -2.37. The number of rotatable bonds is 7. The molecule has 0 unspecified atom stereocenters. The molecule has 0 saturated carbocycles. The molecule has 0 atom stereocenters. The summed E-state index contributed by atoms with van der Waals surface area (Å²) in [6, 6.07) is 10.0. The number of benzene rings is 1. The van der Waals surface area contributed by atoms with Gasteiger partial charge in [0.05, 0.1) is 12.3 Å². The van der Waals surface area contributed by atoms with Gasteiger partial charge in [-0.05, 0) is 49.6 Å². The molecule has 1 amide bonds. The van der Waals surface area contributed by atoms with Crippen LogP contribution in [0.5, 0.6) is 17.4 Å². The van der Waals surface area contributed by atoms with Gasteiger partial charge in [-0.1, -0.05) is 33.8 Å². The summed E-state index contributed by atoms with van der Waals surface area (Å²) in [6.07, 6.45) is 3.33. The average molecular weight is 499 g/mol. The van der Waals surface area contributed by atoms with Crippen LogP contribution in [0, 0.1) is 0 Å². The molecule has 8 heteroatoms. The maximum Gasteiger partial charge on any atom is 0.225 e. The lowest BCUT2D eigenvalue weighted by atomic mass is 10.1. The first-order valence-corrected chi connectivity index (χ1v) is 13.5. The van der Waals surface area contributed by atoms with E-state index < -0.39 is 0 Å². The van der Waals surface area contributed by atoms with Crippen LogP contribution in [0.25, 0.3) is 0 Å². The van der Waals surface area contributed by atoms with Crippen molar-refractivity contribution in [2.45, 2.75) is 53.4 Å². The van der Waals surface area contributed by atoms with Crippen LogP contribution in [0.1, 0.15) is 52.5 Å². The number of ether oxygens (including phenoxy) is 3. The molecule has 1 aromatic carbocycles. The van der Waals surface area contributed by atoms with Gasteiger partial charge in [-0.3, -0.25) is 9.69 Å². The molecule has 198 valence electrons. The Bertz CT molecular complexity index is 961. The van der Waals surface area contributed by atoms with Crippen molar-refractivity contribution in [3.8, 4) is 17.4 Å². The highest BCUT2D eigenvalue weighted by atomic mass is 16.6. The highest BCUT2D eigenvalue weighted by Crippen LogP contribution is 2.39. The van der Waals surface area contributed by atoms with Crippen molar-refractivity contribution in [1.82, 2.24) is 9.88 Å². The predicted molar refractivity (Wildman–Crippen MR) is 145 cm³/mol. The molecule has 0 spiro atoms. The van der Waals surface area contributed by atoms with Crippen molar-refractivity contribution in [3.05, 3.63) is 35.9 Å². The van der Waals surface area contributed by atoms with Gasteiger partial charge >= 0.3 is 0 Å². The number of pyridine rings is 1. The number of nitrogens with one attached hydrogen (secondary N) is 1. The minimum atomic E-state index is 0.0234. The van der Waals surface area contributed by atoms with Crippen LogP contribution in [0.3, 0.4) is 0 Å². The smallest absolute Gasteiger partial charge is 0.225 e. The lowest BCUT2D eigenvalue weighted by Crippen LogP contribution is -2.46. The highest BCUT2D eigenvalue weighted by molar-refractivity contribution is 5.92. The molecule has 8 nitrogen and oxygen atoms in total. The number of anilines is 2. The predicted octanol–water partition coefficient (Wildman–Crippen LogP) is 4.77. The van der Waals surface area contributed by atoms with Crippen molar-refractivity contribution in [2.24, 2.45) is 0 Å². The number of aromatic nitrogens is 1. The molecule has 2 aromatic rings. The first kappa shape index (κ1) is 27.6. The van der Waals surface area contributed by atoms with Crippen molar-refractivity contribution in [2.75, 3.05) is 62.8 Å². The topological polar surface area (TPSA) is 76.2 Å². The van der Waals surface area contributed by atoms with Gasteiger partial charge in [-0.2, -0.15) is 4.98 Å². The van der Waals surface area contributed by atoms with Gasteiger partial charge in [0.25, 0.3) is 0 Å². The summed E-state index contributed by atoms with van der Waals surface area (Å²) in [4.78, 5) is 20.9. The first-order chi connectivity index (χ1) is 17.8. The zero-order valence-corrected chi connectivity index (χ0v) is 22.3. The van der Waals surface area contributed by atoms with Gasteiger partial charge in [0.1, 0.15) is 19.0 Å². The van der Waals surface area contributed by atoms with Crippen LogP contribution in [0.4, 0.5) is 11.5 Å². The quantitative estimate of drug-likeness (QED) is 0.551. The van der Waals surface area contributed by atoms with E-state index in [4.69, 9.17) is 14.2 Å². The Morgan fingerprint density at radius 2 is 1.72 bits per heavy atom. The monoisotopic (exact) mass is 498 g/mol. The van der Waals surface area contributed by atoms with E-state index in [2.05, 4.69) is 26.2 Å². The minimum absolute atomic E-state index is 0.0234. The van der Waals surface area contributed by atoms with Crippen LogP contribution < -0.4 is 24.4 Å². The van der Waals surface area contributed by atoms with E-state index in [0.29, 0.717) is 37.9 Å². The molecule has 1 aromatic heterocycles. The molecule has 36 heavy (non-hydrogen) atoms. The van der Waals surface area contributed by atoms with Gasteiger partial charge < -0.3 is 24.4 Å². The lowest BCUT2D eigenvalue weighted by molar-refractivity contribution is -0.116. The Labute approximate surface area is 215 Å². The fraction of sp³-hybridized carbons (Fsp3) is 0.571. The maximum atomic E-state index is 11.5. The van der Waals surface area contributed by atoms with E-state index in [1.54, 1.807) is 0 Å². The van der Waals surface area contributed by atoms with E-state index in [1.165, 1.54) is 0 Å². The number of carbonyl (C=O) groups is 1. The summed E-state index contributed by atoms with van der Waals surface area (Å²) in [6.45, 7) is 15.0. The van der Waals surface area contributed by atoms with Gasteiger partial charge in [0, 0.05) is 38.7 Å². The summed E-state index contributed by atoms with van der Waals surface area (Å²) >= 11 is 0.